The Balaban J connectivity index is 2.07. The van der Waals surface area contributed by atoms with Gasteiger partial charge in [0, 0.05) is 31.9 Å². The monoisotopic (exact) mass is 353 g/mol. The minimum atomic E-state index is -0.197. The van der Waals surface area contributed by atoms with Crippen LogP contribution in [0.4, 0.5) is 5.69 Å². The summed E-state index contributed by atoms with van der Waals surface area (Å²) in [6, 6.07) is 13.9. The summed E-state index contributed by atoms with van der Waals surface area (Å²) in [5.41, 5.74) is 4.17. The maximum absolute atomic E-state index is 12.6. The second-order valence-corrected chi connectivity index (χ2v) is 7.11. The number of thiazole rings is 1. The number of fused-ring (bicyclic) bond motifs is 1. The van der Waals surface area contributed by atoms with Gasteiger partial charge in [-0.3, -0.25) is 4.79 Å². The van der Waals surface area contributed by atoms with Gasteiger partial charge in [0.25, 0.3) is 5.91 Å². The first-order chi connectivity index (χ1) is 12.0. The summed E-state index contributed by atoms with van der Waals surface area (Å²) in [6.45, 7) is 5.04. The topological polar surface area (TPSA) is 37.6 Å². The van der Waals surface area contributed by atoms with E-state index in [0.29, 0.717) is 5.56 Å². The Morgan fingerprint density at radius 2 is 1.84 bits per heavy atom. The third-order valence-electron chi connectivity index (χ3n) is 4.31. The quantitative estimate of drug-likeness (QED) is 0.708. The Bertz CT molecular complexity index is 965. The molecule has 0 aliphatic heterocycles. The summed E-state index contributed by atoms with van der Waals surface area (Å²) < 4.78 is 3.32. The highest BCUT2D eigenvalue weighted by Crippen LogP contribution is 2.22. The molecule has 0 aliphatic carbocycles. The predicted octanol–water partition coefficient (Wildman–Crippen LogP) is 4.09. The number of carbonyl (C=O) groups excluding carboxylic acids is 1. The first kappa shape index (κ1) is 17.4. The van der Waals surface area contributed by atoms with Crippen LogP contribution >= 0.6 is 11.3 Å². The number of hydrogen-bond donors (Lipinski definition) is 0. The Kier molecular flexibility index (Phi) is 5.04. The standard InChI is InChI=1S/C20H23N3OS/c1-5-14-8-7-9-17-18(14)23(6-2)20(25-17)21-19(24)15-10-12-16(13-11-15)22(3)4/h7-13H,5-6H2,1-4H3. The molecule has 0 fully saturated rings. The van der Waals surface area contributed by atoms with E-state index in [9.17, 15) is 4.79 Å². The minimum Gasteiger partial charge on any atom is -0.378 e. The highest BCUT2D eigenvalue weighted by molar-refractivity contribution is 7.16. The zero-order chi connectivity index (χ0) is 18.0. The van der Waals surface area contributed by atoms with E-state index in [1.165, 1.54) is 15.8 Å². The van der Waals surface area contributed by atoms with E-state index in [1.54, 1.807) is 11.3 Å². The highest BCUT2D eigenvalue weighted by atomic mass is 32.1. The van der Waals surface area contributed by atoms with E-state index in [-0.39, 0.29) is 5.91 Å². The number of anilines is 1. The van der Waals surface area contributed by atoms with Crippen LogP contribution in [0.3, 0.4) is 0 Å². The molecular formula is C20H23N3OS. The molecule has 0 radical (unpaired) electrons. The van der Waals surface area contributed by atoms with Crippen LogP contribution in [0.25, 0.3) is 10.2 Å². The van der Waals surface area contributed by atoms with E-state index in [1.807, 2.05) is 43.3 Å². The number of para-hydroxylation sites is 1. The minimum absolute atomic E-state index is 0.197. The summed E-state index contributed by atoms with van der Waals surface area (Å²) in [5, 5.41) is 0. The fourth-order valence-corrected chi connectivity index (χ4v) is 4.06. The molecule has 1 aromatic heterocycles. The van der Waals surface area contributed by atoms with E-state index in [2.05, 4.69) is 41.6 Å². The van der Waals surface area contributed by atoms with Crippen molar-refractivity contribution >= 4 is 33.1 Å². The maximum Gasteiger partial charge on any atom is 0.279 e. The molecule has 0 bridgehead atoms. The number of nitrogens with zero attached hydrogens (tertiary/aromatic N) is 3. The zero-order valence-corrected chi connectivity index (χ0v) is 15.9. The Morgan fingerprint density at radius 1 is 1.12 bits per heavy atom. The average Bonchev–Trinajstić information content (AvgIpc) is 2.98. The summed E-state index contributed by atoms with van der Waals surface area (Å²) in [5.74, 6) is -0.197. The average molecular weight is 353 g/mol. The lowest BCUT2D eigenvalue weighted by molar-refractivity contribution is 0.0998. The van der Waals surface area contributed by atoms with Gasteiger partial charge in [-0.25, -0.2) is 0 Å². The third-order valence-corrected chi connectivity index (χ3v) is 5.35. The summed E-state index contributed by atoms with van der Waals surface area (Å²) >= 11 is 1.58. The van der Waals surface area contributed by atoms with Crippen LogP contribution in [-0.2, 0) is 13.0 Å². The van der Waals surface area contributed by atoms with Crippen LogP contribution < -0.4 is 9.70 Å². The van der Waals surface area contributed by atoms with Gasteiger partial charge in [0.05, 0.1) is 10.2 Å². The van der Waals surface area contributed by atoms with Crippen LogP contribution in [0.2, 0.25) is 0 Å². The first-order valence-corrected chi connectivity index (χ1v) is 9.34. The van der Waals surface area contributed by atoms with E-state index in [0.717, 1.165) is 23.5 Å². The molecule has 3 aromatic rings. The molecule has 0 saturated carbocycles. The van der Waals surface area contributed by atoms with Gasteiger partial charge < -0.3 is 9.47 Å². The zero-order valence-electron chi connectivity index (χ0n) is 15.1. The smallest absolute Gasteiger partial charge is 0.279 e. The molecule has 130 valence electrons. The largest absolute Gasteiger partial charge is 0.378 e. The van der Waals surface area contributed by atoms with Crippen molar-refractivity contribution in [3.05, 3.63) is 58.4 Å². The van der Waals surface area contributed by atoms with Crippen LogP contribution in [0.15, 0.2) is 47.5 Å². The van der Waals surface area contributed by atoms with Crippen molar-refractivity contribution in [3.63, 3.8) is 0 Å². The molecule has 2 aromatic carbocycles. The Labute approximate surface area is 152 Å². The van der Waals surface area contributed by atoms with Crippen molar-refractivity contribution in [1.29, 1.82) is 0 Å². The van der Waals surface area contributed by atoms with Gasteiger partial charge in [-0.05, 0) is 49.2 Å². The summed E-state index contributed by atoms with van der Waals surface area (Å²) in [4.78, 5) is 19.8. The van der Waals surface area contributed by atoms with Crippen molar-refractivity contribution in [2.45, 2.75) is 26.8 Å². The van der Waals surface area contributed by atoms with Gasteiger partial charge in [-0.2, -0.15) is 4.99 Å². The lowest BCUT2D eigenvalue weighted by atomic mass is 10.1. The highest BCUT2D eigenvalue weighted by Gasteiger charge is 2.11. The van der Waals surface area contributed by atoms with Crippen LogP contribution in [0.1, 0.15) is 29.8 Å². The van der Waals surface area contributed by atoms with Crippen LogP contribution in [-0.4, -0.2) is 24.6 Å². The van der Waals surface area contributed by atoms with E-state index < -0.39 is 0 Å². The summed E-state index contributed by atoms with van der Waals surface area (Å²) in [6.07, 6.45) is 0.966. The number of rotatable bonds is 4. The molecule has 0 N–H and O–H groups in total. The molecule has 3 rings (SSSR count). The molecular weight excluding hydrogens is 330 g/mol. The van der Waals surface area contributed by atoms with Crippen molar-refractivity contribution in [2.24, 2.45) is 4.99 Å². The van der Waals surface area contributed by atoms with Crippen molar-refractivity contribution in [3.8, 4) is 0 Å². The van der Waals surface area contributed by atoms with Crippen LogP contribution in [0.5, 0.6) is 0 Å². The molecule has 1 heterocycles. The lowest BCUT2D eigenvalue weighted by Crippen LogP contribution is -2.16. The van der Waals surface area contributed by atoms with Gasteiger partial charge in [-0.1, -0.05) is 30.4 Å². The first-order valence-electron chi connectivity index (χ1n) is 8.52. The van der Waals surface area contributed by atoms with Crippen molar-refractivity contribution in [1.82, 2.24) is 4.57 Å². The molecule has 0 spiro atoms. The number of benzene rings is 2. The van der Waals surface area contributed by atoms with Gasteiger partial charge in [0.1, 0.15) is 0 Å². The van der Waals surface area contributed by atoms with Gasteiger partial charge in [0.15, 0.2) is 4.80 Å². The van der Waals surface area contributed by atoms with E-state index in [4.69, 9.17) is 0 Å². The molecule has 5 heteroatoms. The number of carbonyl (C=O) groups is 1. The molecule has 4 nitrogen and oxygen atoms in total. The van der Waals surface area contributed by atoms with Gasteiger partial charge in [0.2, 0.25) is 0 Å². The lowest BCUT2D eigenvalue weighted by Gasteiger charge is -2.11. The van der Waals surface area contributed by atoms with Crippen LogP contribution in [0, 0.1) is 0 Å². The molecule has 0 unspecified atom stereocenters. The fraction of sp³-hybridized carbons (Fsp3) is 0.300. The molecule has 1 amide bonds. The molecule has 0 atom stereocenters. The van der Waals surface area contributed by atoms with E-state index >= 15 is 0 Å². The summed E-state index contributed by atoms with van der Waals surface area (Å²) in [7, 11) is 3.96. The van der Waals surface area contributed by atoms with Gasteiger partial charge in [-0.15, -0.1) is 0 Å². The predicted molar refractivity (Wildman–Crippen MR) is 106 cm³/mol. The fourth-order valence-electron chi connectivity index (χ4n) is 2.92. The number of hydrogen-bond acceptors (Lipinski definition) is 3. The Hall–Kier alpha value is -2.40. The number of aryl methyl sites for hydroxylation is 2. The normalized spacial score (nSPS) is 11.9. The molecule has 0 saturated heterocycles. The van der Waals surface area contributed by atoms with Crippen molar-refractivity contribution in [2.75, 3.05) is 19.0 Å². The number of amides is 1. The second-order valence-electron chi connectivity index (χ2n) is 6.10. The second kappa shape index (κ2) is 7.23. The SMILES string of the molecule is CCc1cccc2sc(=NC(=O)c3ccc(N(C)C)cc3)n(CC)c12. The number of aromatic nitrogens is 1. The maximum atomic E-state index is 12.6. The third kappa shape index (κ3) is 3.37. The Morgan fingerprint density at radius 3 is 2.44 bits per heavy atom. The molecule has 0 aliphatic rings. The van der Waals surface area contributed by atoms with Crippen molar-refractivity contribution < 1.29 is 4.79 Å². The van der Waals surface area contributed by atoms with Gasteiger partial charge >= 0.3 is 0 Å². The molecule has 25 heavy (non-hydrogen) atoms.